The zero-order valence-corrected chi connectivity index (χ0v) is 10.1. The number of para-hydroxylation sites is 1. The summed E-state index contributed by atoms with van der Waals surface area (Å²) >= 11 is 5.90. The number of ether oxygens (including phenoxy) is 1. The summed E-state index contributed by atoms with van der Waals surface area (Å²) in [4.78, 5) is 12.1. The second-order valence-corrected chi connectivity index (χ2v) is 4.43. The lowest BCUT2D eigenvalue weighted by atomic mass is 10.1. The van der Waals surface area contributed by atoms with E-state index in [0.29, 0.717) is 22.1 Å². The Hall–Kier alpha value is -2.06. The standard InChI is InChI=1S/C15H9ClO2/c16-11-5-3-4-10(8-11)9-14-15(17)12-6-1-2-7-13(12)18-14/h1-9H/b14-9-. The zero-order valence-electron chi connectivity index (χ0n) is 9.39. The van der Waals surface area contributed by atoms with Crippen molar-refractivity contribution >= 4 is 23.5 Å². The zero-order chi connectivity index (χ0) is 12.5. The fraction of sp³-hybridized carbons (Fsp3) is 0. The molecule has 0 N–H and O–H groups in total. The molecular formula is C15H9ClO2. The predicted molar refractivity (Wildman–Crippen MR) is 70.8 cm³/mol. The Kier molecular flexibility index (Phi) is 2.65. The summed E-state index contributed by atoms with van der Waals surface area (Å²) in [7, 11) is 0. The number of hydrogen-bond donors (Lipinski definition) is 0. The molecule has 0 aliphatic carbocycles. The van der Waals surface area contributed by atoms with E-state index in [9.17, 15) is 4.79 Å². The van der Waals surface area contributed by atoms with Crippen LogP contribution in [0.1, 0.15) is 15.9 Å². The van der Waals surface area contributed by atoms with Gasteiger partial charge >= 0.3 is 0 Å². The summed E-state index contributed by atoms with van der Waals surface area (Å²) in [6, 6.07) is 14.5. The maximum Gasteiger partial charge on any atom is 0.231 e. The molecule has 0 saturated carbocycles. The Morgan fingerprint density at radius 1 is 1.06 bits per heavy atom. The Balaban J connectivity index is 1.99. The average Bonchev–Trinajstić information content (AvgIpc) is 2.67. The minimum absolute atomic E-state index is 0.0921. The summed E-state index contributed by atoms with van der Waals surface area (Å²) in [5.41, 5.74) is 1.45. The van der Waals surface area contributed by atoms with Crippen molar-refractivity contribution in [2.24, 2.45) is 0 Å². The minimum atomic E-state index is -0.0921. The third-order valence-corrected chi connectivity index (χ3v) is 2.96. The number of ketones is 1. The SMILES string of the molecule is O=C1/C(=C/c2cccc(Cl)c2)Oc2ccccc21. The van der Waals surface area contributed by atoms with E-state index < -0.39 is 0 Å². The van der Waals surface area contributed by atoms with Crippen molar-refractivity contribution in [3.63, 3.8) is 0 Å². The van der Waals surface area contributed by atoms with Crippen LogP contribution in [0.25, 0.3) is 6.08 Å². The number of carbonyl (C=O) groups is 1. The highest BCUT2D eigenvalue weighted by atomic mass is 35.5. The summed E-state index contributed by atoms with van der Waals surface area (Å²) in [5, 5.41) is 0.632. The van der Waals surface area contributed by atoms with Crippen molar-refractivity contribution < 1.29 is 9.53 Å². The van der Waals surface area contributed by atoms with Crippen LogP contribution < -0.4 is 4.74 Å². The van der Waals surface area contributed by atoms with Gasteiger partial charge < -0.3 is 4.74 Å². The van der Waals surface area contributed by atoms with Gasteiger partial charge in [0, 0.05) is 5.02 Å². The van der Waals surface area contributed by atoms with Gasteiger partial charge in [-0.1, -0.05) is 35.9 Å². The molecule has 2 nitrogen and oxygen atoms in total. The van der Waals surface area contributed by atoms with Gasteiger partial charge in [-0.25, -0.2) is 0 Å². The number of carbonyl (C=O) groups excluding carboxylic acids is 1. The average molecular weight is 257 g/mol. The highest BCUT2D eigenvalue weighted by Crippen LogP contribution is 2.31. The number of allylic oxidation sites excluding steroid dienone is 1. The summed E-state index contributed by atoms with van der Waals surface area (Å²) in [6.45, 7) is 0. The van der Waals surface area contributed by atoms with Crippen LogP contribution in [0.15, 0.2) is 54.3 Å². The van der Waals surface area contributed by atoms with E-state index in [4.69, 9.17) is 16.3 Å². The van der Waals surface area contributed by atoms with Gasteiger partial charge in [-0.05, 0) is 35.9 Å². The number of Topliss-reactive ketones (excluding diaryl/α,β-unsaturated/α-hetero) is 1. The van der Waals surface area contributed by atoms with E-state index in [-0.39, 0.29) is 5.78 Å². The fourth-order valence-corrected chi connectivity index (χ4v) is 2.08. The number of fused-ring (bicyclic) bond motifs is 1. The van der Waals surface area contributed by atoms with Crippen molar-refractivity contribution in [2.75, 3.05) is 0 Å². The minimum Gasteiger partial charge on any atom is -0.452 e. The molecule has 18 heavy (non-hydrogen) atoms. The molecule has 0 spiro atoms. The molecular weight excluding hydrogens is 248 g/mol. The monoisotopic (exact) mass is 256 g/mol. The first kappa shape index (κ1) is 11.1. The molecule has 0 aromatic heterocycles. The van der Waals surface area contributed by atoms with Crippen LogP contribution in [0.2, 0.25) is 5.02 Å². The summed E-state index contributed by atoms with van der Waals surface area (Å²) in [5.74, 6) is 0.847. The lowest BCUT2D eigenvalue weighted by Crippen LogP contribution is -1.97. The van der Waals surface area contributed by atoms with Gasteiger partial charge in [-0.15, -0.1) is 0 Å². The first-order valence-corrected chi connectivity index (χ1v) is 5.91. The molecule has 0 amide bonds. The molecule has 3 rings (SSSR count). The number of benzene rings is 2. The molecule has 2 aromatic carbocycles. The lowest BCUT2D eigenvalue weighted by molar-refractivity contribution is 0.101. The van der Waals surface area contributed by atoms with E-state index in [1.807, 2.05) is 24.3 Å². The van der Waals surface area contributed by atoms with Crippen LogP contribution in [-0.4, -0.2) is 5.78 Å². The highest BCUT2D eigenvalue weighted by molar-refractivity contribution is 6.30. The topological polar surface area (TPSA) is 26.3 Å². The molecule has 0 fully saturated rings. The molecule has 0 bridgehead atoms. The van der Waals surface area contributed by atoms with Gasteiger partial charge in [-0.3, -0.25) is 4.79 Å². The van der Waals surface area contributed by atoms with E-state index in [1.165, 1.54) is 0 Å². The number of rotatable bonds is 1. The normalized spacial score (nSPS) is 15.6. The second kappa shape index (κ2) is 4.31. The van der Waals surface area contributed by atoms with E-state index >= 15 is 0 Å². The van der Waals surface area contributed by atoms with Gasteiger partial charge in [0.25, 0.3) is 0 Å². The smallest absolute Gasteiger partial charge is 0.231 e. The van der Waals surface area contributed by atoms with Gasteiger partial charge in [0.1, 0.15) is 5.75 Å². The number of halogens is 1. The van der Waals surface area contributed by atoms with E-state index in [0.717, 1.165) is 5.56 Å². The summed E-state index contributed by atoms with van der Waals surface area (Å²) in [6.07, 6.45) is 1.70. The van der Waals surface area contributed by atoms with Crippen LogP contribution in [0.3, 0.4) is 0 Å². The maximum absolute atomic E-state index is 12.1. The molecule has 0 saturated heterocycles. The third-order valence-electron chi connectivity index (χ3n) is 2.72. The molecule has 1 aliphatic rings. The first-order valence-electron chi connectivity index (χ1n) is 5.53. The van der Waals surface area contributed by atoms with Crippen LogP contribution in [0, 0.1) is 0 Å². The van der Waals surface area contributed by atoms with Gasteiger partial charge in [-0.2, -0.15) is 0 Å². The van der Waals surface area contributed by atoms with Crippen molar-refractivity contribution in [3.05, 3.63) is 70.4 Å². The van der Waals surface area contributed by atoms with Crippen molar-refractivity contribution in [3.8, 4) is 5.75 Å². The van der Waals surface area contributed by atoms with Crippen molar-refractivity contribution in [1.29, 1.82) is 0 Å². The van der Waals surface area contributed by atoms with Gasteiger partial charge in [0.05, 0.1) is 5.56 Å². The first-order chi connectivity index (χ1) is 8.74. The third kappa shape index (κ3) is 1.91. The van der Waals surface area contributed by atoms with E-state index in [1.54, 1.807) is 30.3 Å². The Morgan fingerprint density at radius 2 is 1.89 bits per heavy atom. The van der Waals surface area contributed by atoms with Gasteiger partial charge in [0.2, 0.25) is 5.78 Å². The Morgan fingerprint density at radius 3 is 2.67 bits per heavy atom. The largest absolute Gasteiger partial charge is 0.452 e. The maximum atomic E-state index is 12.1. The molecule has 2 aromatic rings. The second-order valence-electron chi connectivity index (χ2n) is 3.99. The Labute approximate surface area is 109 Å². The molecule has 0 atom stereocenters. The highest BCUT2D eigenvalue weighted by Gasteiger charge is 2.26. The Bertz CT molecular complexity index is 659. The molecule has 3 heteroatoms. The van der Waals surface area contributed by atoms with Crippen LogP contribution >= 0.6 is 11.6 Å². The molecule has 1 aliphatic heterocycles. The van der Waals surface area contributed by atoms with Gasteiger partial charge in [0.15, 0.2) is 5.76 Å². The molecule has 88 valence electrons. The quantitative estimate of drug-likeness (QED) is 0.722. The van der Waals surface area contributed by atoms with Crippen molar-refractivity contribution in [1.82, 2.24) is 0 Å². The van der Waals surface area contributed by atoms with E-state index in [2.05, 4.69) is 0 Å². The molecule has 1 heterocycles. The van der Waals surface area contributed by atoms with Crippen molar-refractivity contribution in [2.45, 2.75) is 0 Å². The number of hydrogen-bond acceptors (Lipinski definition) is 2. The lowest BCUT2D eigenvalue weighted by Gasteiger charge is -1.98. The summed E-state index contributed by atoms with van der Waals surface area (Å²) < 4.78 is 5.53. The fourth-order valence-electron chi connectivity index (χ4n) is 1.88. The van der Waals surface area contributed by atoms with Crippen LogP contribution in [0.5, 0.6) is 5.75 Å². The van der Waals surface area contributed by atoms with Crippen LogP contribution in [0.4, 0.5) is 0 Å². The predicted octanol–water partition coefficient (Wildman–Crippen LogP) is 3.96. The molecule has 0 unspecified atom stereocenters. The molecule has 0 radical (unpaired) electrons. The van der Waals surface area contributed by atoms with Crippen LogP contribution in [-0.2, 0) is 0 Å².